The van der Waals surface area contributed by atoms with Crippen molar-refractivity contribution in [1.82, 2.24) is 0 Å². The van der Waals surface area contributed by atoms with Crippen LogP contribution in [0.2, 0.25) is 0 Å². The average Bonchev–Trinajstić information content (AvgIpc) is 3.21. The summed E-state index contributed by atoms with van der Waals surface area (Å²) < 4.78 is 24.8. The second-order valence-corrected chi connectivity index (χ2v) is 8.49. The number of nitrogens with two attached hydrogens (primary N) is 1. The Morgan fingerprint density at radius 2 is 1.15 bits per heavy atom. The van der Waals surface area contributed by atoms with Gasteiger partial charge in [-0.2, -0.15) is 0 Å². The van der Waals surface area contributed by atoms with E-state index in [0.29, 0.717) is 26.4 Å². The van der Waals surface area contributed by atoms with Crippen LogP contribution in [0.25, 0.3) is 0 Å². The Labute approximate surface area is 200 Å². The fraction of sp³-hybridized carbons (Fsp3) is 0.296. The number of hydrogen-bond donors (Lipinski definition) is 1. The van der Waals surface area contributed by atoms with E-state index >= 15 is 0 Å². The first kappa shape index (κ1) is 23.5. The zero-order chi connectivity index (χ0) is 22.9. The average molecular weight is 464 g/mol. The molecule has 6 heteroatoms. The Bertz CT molecular complexity index is 987. The lowest BCUT2D eigenvalue weighted by molar-refractivity contribution is -0.0896. The molecule has 0 bridgehead atoms. The molecule has 0 spiro atoms. The Hall–Kier alpha value is -2.61. The van der Waals surface area contributed by atoms with Gasteiger partial charge in [0.1, 0.15) is 29.4 Å². The molecular weight excluding hydrogens is 434 g/mol. The number of hydrogen-bond acceptors (Lipinski definition) is 5. The number of benzene rings is 3. The van der Waals surface area contributed by atoms with E-state index in [9.17, 15) is 0 Å². The van der Waals surface area contributed by atoms with Gasteiger partial charge in [0.2, 0.25) is 0 Å². The highest BCUT2D eigenvalue weighted by Crippen LogP contribution is 2.29. The number of ether oxygens (including phenoxy) is 4. The highest BCUT2D eigenvalue weighted by atomic mass is 32.1. The quantitative estimate of drug-likeness (QED) is 0.425. The fourth-order valence-electron chi connectivity index (χ4n) is 3.88. The van der Waals surface area contributed by atoms with E-state index in [-0.39, 0.29) is 17.2 Å². The lowest BCUT2D eigenvalue weighted by Crippen LogP contribution is -2.42. The molecule has 3 aromatic carbocycles. The van der Waals surface area contributed by atoms with Crippen LogP contribution in [-0.2, 0) is 38.8 Å². The number of rotatable bonds is 11. The molecule has 0 aromatic heterocycles. The van der Waals surface area contributed by atoms with Gasteiger partial charge in [-0.05, 0) is 16.7 Å². The summed E-state index contributed by atoms with van der Waals surface area (Å²) in [6.45, 7) is 1.67. The molecule has 4 rings (SSSR count). The Morgan fingerprint density at radius 1 is 0.697 bits per heavy atom. The van der Waals surface area contributed by atoms with Gasteiger partial charge in [0.25, 0.3) is 0 Å². The van der Waals surface area contributed by atoms with E-state index in [1.807, 2.05) is 91.0 Å². The second kappa shape index (κ2) is 12.0. The van der Waals surface area contributed by atoms with Crippen LogP contribution in [0.5, 0.6) is 0 Å². The summed E-state index contributed by atoms with van der Waals surface area (Å²) in [6.07, 6.45) is -1.72. The molecule has 1 heterocycles. The predicted molar refractivity (Wildman–Crippen MR) is 132 cm³/mol. The summed E-state index contributed by atoms with van der Waals surface area (Å²) in [6, 6.07) is 30.0. The zero-order valence-corrected chi connectivity index (χ0v) is 19.2. The molecule has 4 atom stereocenters. The summed E-state index contributed by atoms with van der Waals surface area (Å²) in [5.41, 5.74) is 9.27. The van der Waals surface area contributed by atoms with Crippen LogP contribution in [0.15, 0.2) is 91.0 Å². The summed E-state index contributed by atoms with van der Waals surface area (Å²) in [7, 11) is 0. The Kier molecular flexibility index (Phi) is 8.58. The summed E-state index contributed by atoms with van der Waals surface area (Å²) in [5.74, 6) is 0. The Balaban J connectivity index is 1.46. The van der Waals surface area contributed by atoms with E-state index in [4.69, 9.17) is 36.9 Å². The minimum Gasteiger partial charge on any atom is -0.391 e. The molecule has 3 aromatic rings. The predicted octanol–water partition coefficient (Wildman–Crippen LogP) is 4.43. The van der Waals surface area contributed by atoms with Gasteiger partial charge in [-0.3, -0.25) is 0 Å². The van der Waals surface area contributed by atoms with E-state index in [2.05, 4.69) is 0 Å². The molecular formula is C27H29NO4S. The molecule has 1 fully saturated rings. The van der Waals surface area contributed by atoms with Gasteiger partial charge in [-0.1, -0.05) is 103 Å². The van der Waals surface area contributed by atoms with Crippen LogP contribution < -0.4 is 5.73 Å². The van der Waals surface area contributed by atoms with Crippen LogP contribution in [0.1, 0.15) is 16.7 Å². The second-order valence-electron chi connectivity index (χ2n) is 8.02. The highest BCUT2D eigenvalue weighted by Gasteiger charge is 2.47. The molecule has 5 nitrogen and oxygen atoms in total. The topological polar surface area (TPSA) is 62.9 Å². The van der Waals surface area contributed by atoms with Crippen LogP contribution >= 0.6 is 12.2 Å². The van der Waals surface area contributed by atoms with Gasteiger partial charge in [0.15, 0.2) is 0 Å². The summed E-state index contributed by atoms with van der Waals surface area (Å²) in [5, 5.41) is 0. The monoisotopic (exact) mass is 463 g/mol. The van der Waals surface area contributed by atoms with Crippen molar-refractivity contribution in [3.63, 3.8) is 0 Å². The van der Waals surface area contributed by atoms with Gasteiger partial charge >= 0.3 is 0 Å². The molecule has 2 N–H and O–H groups in total. The molecule has 1 aliphatic heterocycles. The van der Waals surface area contributed by atoms with Crippen molar-refractivity contribution in [2.75, 3.05) is 6.61 Å². The molecule has 0 aliphatic carbocycles. The first-order valence-corrected chi connectivity index (χ1v) is 11.5. The fourth-order valence-corrected chi connectivity index (χ4v) is 4.06. The summed E-state index contributed by atoms with van der Waals surface area (Å²) >= 11 is 5.31. The Morgan fingerprint density at radius 3 is 1.64 bits per heavy atom. The van der Waals surface area contributed by atoms with Crippen molar-refractivity contribution in [2.45, 2.75) is 44.2 Å². The third kappa shape index (κ3) is 6.69. The molecule has 1 aliphatic rings. The van der Waals surface area contributed by atoms with Gasteiger partial charge < -0.3 is 24.7 Å². The molecule has 172 valence electrons. The van der Waals surface area contributed by atoms with Crippen molar-refractivity contribution in [3.8, 4) is 0 Å². The maximum absolute atomic E-state index is 6.34. The van der Waals surface area contributed by atoms with Crippen LogP contribution in [-0.4, -0.2) is 36.0 Å². The number of thiocarbonyl (C=S) groups is 1. The smallest absolute Gasteiger partial charge is 0.137 e. The zero-order valence-electron chi connectivity index (χ0n) is 18.4. The van der Waals surface area contributed by atoms with Crippen LogP contribution in [0, 0.1) is 0 Å². The maximum atomic E-state index is 6.34. The summed E-state index contributed by atoms with van der Waals surface area (Å²) in [4.78, 5) is 0.256. The van der Waals surface area contributed by atoms with Crippen molar-refractivity contribution in [3.05, 3.63) is 108 Å². The van der Waals surface area contributed by atoms with Crippen LogP contribution in [0.4, 0.5) is 0 Å². The van der Waals surface area contributed by atoms with Gasteiger partial charge in [0, 0.05) is 0 Å². The van der Waals surface area contributed by atoms with Gasteiger partial charge in [-0.15, -0.1) is 0 Å². The van der Waals surface area contributed by atoms with Crippen molar-refractivity contribution in [1.29, 1.82) is 0 Å². The molecule has 0 saturated carbocycles. The van der Waals surface area contributed by atoms with Gasteiger partial charge in [-0.25, -0.2) is 0 Å². The van der Waals surface area contributed by atoms with Crippen LogP contribution in [0.3, 0.4) is 0 Å². The third-order valence-electron chi connectivity index (χ3n) is 5.55. The first-order chi connectivity index (χ1) is 16.2. The van der Waals surface area contributed by atoms with E-state index in [1.54, 1.807) is 0 Å². The molecule has 0 amide bonds. The van der Waals surface area contributed by atoms with Crippen molar-refractivity contribution in [2.24, 2.45) is 5.73 Å². The lowest BCUT2D eigenvalue weighted by atomic mass is 10.1. The maximum Gasteiger partial charge on any atom is 0.137 e. The van der Waals surface area contributed by atoms with Gasteiger partial charge in [0.05, 0.1) is 26.4 Å². The SMILES string of the molecule is NC(=S)[C@@H]1O[C@H](COCc2ccccc2)[C@@H](OCc2ccccc2)[C@@H]1OCc1ccccc1. The van der Waals surface area contributed by atoms with E-state index in [1.165, 1.54) is 0 Å². The highest BCUT2D eigenvalue weighted by molar-refractivity contribution is 7.80. The molecule has 0 radical (unpaired) electrons. The van der Waals surface area contributed by atoms with Crippen molar-refractivity contribution < 1.29 is 18.9 Å². The third-order valence-corrected chi connectivity index (χ3v) is 5.79. The largest absolute Gasteiger partial charge is 0.391 e. The molecule has 0 unspecified atom stereocenters. The minimum absolute atomic E-state index is 0.256. The lowest BCUT2D eigenvalue weighted by Gasteiger charge is -2.25. The molecule has 1 saturated heterocycles. The van der Waals surface area contributed by atoms with Crippen molar-refractivity contribution >= 4 is 17.2 Å². The van der Waals surface area contributed by atoms with E-state index in [0.717, 1.165) is 16.7 Å². The van der Waals surface area contributed by atoms with E-state index < -0.39 is 12.2 Å². The first-order valence-electron chi connectivity index (χ1n) is 11.1. The standard InChI is InChI=1S/C27H29NO4S/c28-27(33)26-25(31-18-22-14-8-3-9-15-22)24(30-17-21-12-6-2-7-13-21)23(32-26)19-29-16-20-10-4-1-5-11-20/h1-15,23-26H,16-19H2,(H2,28,33)/t23-,24-,25+,26-/m1/s1. The molecule has 33 heavy (non-hydrogen) atoms. The normalized spacial score (nSPS) is 22.3. The minimum atomic E-state index is -0.546.